The third-order valence-electron chi connectivity index (χ3n) is 4.13. The summed E-state index contributed by atoms with van der Waals surface area (Å²) in [7, 11) is -2.06. The van der Waals surface area contributed by atoms with Gasteiger partial charge < -0.3 is 10.1 Å². The lowest BCUT2D eigenvalue weighted by atomic mass is 10.1. The zero-order chi connectivity index (χ0) is 20.0. The number of hydrogen-bond donors (Lipinski definition) is 2. The van der Waals surface area contributed by atoms with E-state index in [1.165, 1.54) is 24.3 Å². The minimum absolute atomic E-state index is 0.105. The minimum atomic E-state index is -3.62. The van der Waals surface area contributed by atoms with Gasteiger partial charge in [0, 0.05) is 37.4 Å². The molecule has 0 unspecified atom stereocenters. The van der Waals surface area contributed by atoms with E-state index in [9.17, 15) is 13.2 Å². The van der Waals surface area contributed by atoms with Gasteiger partial charge in [-0.3, -0.25) is 9.78 Å². The molecule has 0 saturated heterocycles. The van der Waals surface area contributed by atoms with Crippen LogP contribution in [0.25, 0.3) is 10.9 Å². The topological polar surface area (TPSA) is 97.4 Å². The highest BCUT2D eigenvalue weighted by Crippen LogP contribution is 2.21. The van der Waals surface area contributed by atoms with Crippen LogP contribution in [0.5, 0.6) is 0 Å². The Labute approximate surface area is 163 Å². The van der Waals surface area contributed by atoms with Gasteiger partial charge in [0.15, 0.2) is 0 Å². The van der Waals surface area contributed by atoms with Crippen molar-refractivity contribution < 1.29 is 17.9 Å². The van der Waals surface area contributed by atoms with Crippen molar-refractivity contribution in [1.82, 2.24) is 9.71 Å². The second-order valence-corrected chi connectivity index (χ2v) is 7.87. The van der Waals surface area contributed by atoms with Gasteiger partial charge in [-0.15, -0.1) is 0 Å². The monoisotopic (exact) mass is 399 g/mol. The van der Waals surface area contributed by atoms with Crippen molar-refractivity contribution in [3.63, 3.8) is 0 Å². The molecule has 146 valence electrons. The molecule has 0 saturated carbocycles. The molecule has 3 rings (SSSR count). The Kier molecular flexibility index (Phi) is 6.35. The molecular formula is C20H21N3O4S. The quantitative estimate of drug-likeness (QED) is 0.568. The number of anilines is 1. The largest absolute Gasteiger partial charge is 0.385 e. The fourth-order valence-electron chi connectivity index (χ4n) is 2.69. The lowest BCUT2D eigenvalue weighted by Gasteiger charge is -2.09. The summed E-state index contributed by atoms with van der Waals surface area (Å²) >= 11 is 0. The van der Waals surface area contributed by atoms with Crippen molar-refractivity contribution in [3.8, 4) is 0 Å². The lowest BCUT2D eigenvalue weighted by Crippen LogP contribution is -2.25. The number of para-hydroxylation sites is 1. The Hall–Kier alpha value is -2.81. The van der Waals surface area contributed by atoms with Crippen molar-refractivity contribution in [2.45, 2.75) is 11.3 Å². The summed E-state index contributed by atoms with van der Waals surface area (Å²) in [6, 6.07) is 15.1. The van der Waals surface area contributed by atoms with Crippen LogP contribution in [0.2, 0.25) is 0 Å². The number of fused-ring (bicyclic) bond motifs is 1. The molecule has 0 atom stereocenters. The van der Waals surface area contributed by atoms with Crippen LogP contribution < -0.4 is 10.0 Å². The van der Waals surface area contributed by atoms with E-state index in [0.29, 0.717) is 29.8 Å². The lowest BCUT2D eigenvalue weighted by molar-refractivity contribution is 0.102. The Morgan fingerprint density at radius 3 is 2.57 bits per heavy atom. The molecule has 0 spiro atoms. The number of nitrogens with zero attached hydrogens (tertiary/aromatic N) is 1. The highest BCUT2D eigenvalue weighted by Gasteiger charge is 2.15. The summed E-state index contributed by atoms with van der Waals surface area (Å²) in [5, 5.41) is 3.75. The first-order chi connectivity index (χ1) is 13.5. The summed E-state index contributed by atoms with van der Waals surface area (Å²) in [6.45, 7) is 0.761. The van der Waals surface area contributed by atoms with Crippen LogP contribution >= 0.6 is 0 Å². The predicted molar refractivity (Wildman–Crippen MR) is 108 cm³/mol. The molecule has 0 aliphatic heterocycles. The minimum Gasteiger partial charge on any atom is -0.385 e. The van der Waals surface area contributed by atoms with Crippen molar-refractivity contribution in [1.29, 1.82) is 0 Å². The van der Waals surface area contributed by atoms with E-state index in [1.54, 1.807) is 19.4 Å². The molecule has 2 aromatic carbocycles. The fourth-order valence-corrected chi connectivity index (χ4v) is 3.77. The van der Waals surface area contributed by atoms with E-state index in [2.05, 4.69) is 15.0 Å². The van der Waals surface area contributed by atoms with Crippen LogP contribution in [-0.2, 0) is 14.8 Å². The van der Waals surface area contributed by atoms with E-state index in [4.69, 9.17) is 4.74 Å². The van der Waals surface area contributed by atoms with Crippen LogP contribution in [0.4, 0.5) is 5.69 Å². The molecule has 0 radical (unpaired) electrons. The number of amides is 1. The molecular weight excluding hydrogens is 378 g/mol. The van der Waals surface area contributed by atoms with Crippen molar-refractivity contribution in [2.24, 2.45) is 0 Å². The predicted octanol–water partition coefficient (Wildman–Crippen LogP) is 2.80. The van der Waals surface area contributed by atoms with E-state index in [-0.39, 0.29) is 17.3 Å². The van der Waals surface area contributed by atoms with E-state index < -0.39 is 10.0 Å². The van der Waals surface area contributed by atoms with Gasteiger partial charge in [-0.25, -0.2) is 13.1 Å². The van der Waals surface area contributed by atoms with Gasteiger partial charge in [0.25, 0.3) is 5.91 Å². The second kappa shape index (κ2) is 8.92. The highest BCUT2D eigenvalue weighted by atomic mass is 32.2. The number of pyridine rings is 1. The summed E-state index contributed by atoms with van der Waals surface area (Å²) in [5.74, 6) is -0.338. The zero-order valence-corrected chi connectivity index (χ0v) is 16.2. The van der Waals surface area contributed by atoms with E-state index in [1.807, 2.05) is 24.3 Å². The summed E-state index contributed by atoms with van der Waals surface area (Å²) in [4.78, 5) is 17.0. The normalized spacial score (nSPS) is 11.5. The zero-order valence-electron chi connectivity index (χ0n) is 15.4. The molecule has 1 aromatic heterocycles. The molecule has 28 heavy (non-hydrogen) atoms. The number of carbonyl (C=O) groups is 1. The number of benzene rings is 2. The van der Waals surface area contributed by atoms with Crippen LogP contribution in [0.15, 0.2) is 65.7 Å². The first-order valence-electron chi connectivity index (χ1n) is 8.75. The van der Waals surface area contributed by atoms with Crippen LogP contribution in [-0.4, -0.2) is 39.6 Å². The third-order valence-corrected chi connectivity index (χ3v) is 5.60. The number of aromatic nitrogens is 1. The molecule has 7 nitrogen and oxygen atoms in total. The Morgan fingerprint density at radius 2 is 1.82 bits per heavy atom. The summed E-state index contributed by atoms with van der Waals surface area (Å²) in [6.07, 6.45) is 2.24. The van der Waals surface area contributed by atoms with Gasteiger partial charge >= 0.3 is 0 Å². The average molecular weight is 399 g/mol. The number of ether oxygens (including phenoxy) is 1. The van der Waals surface area contributed by atoms with Gasteiger partial charge in [-0.1, -0.05) is 18.2 Å². The summed E-state index contributed by atoms with van der Waals surface area (Å²) < 4.78 is 31.9. The maximum absolute atomic E-state index is 12.5. The number of nitrogens with one attached hydrogen (secondary N) is 2. The van der Waals surface area contributed by atoms with Crippen molar-refractivity contribution in [2.75, 3.05) is 25.6 Å². The van der Waals surface area contributed by atoms with Gasteiger partial charge in [-0.2, -0.15) is 0 Å². The van der Waals surface area contributed by atoms with Crippen molar-refractivity contribution in [3.05, 3.63) is 66.4 Å². The maximum atomic E-state index is 12.5. The molecule has 3 aromatic rings. The molecule has 0 aliphatic rings. The van der Waals surface area contributed by atoms with Gasteiger partial charge in [-0.05, 0) is 42.8 Å². The third kappa shape index (κ3) is 4.72. The molecule has 0 aliphatic carbocycles. The standard InChI is InChI=1S/C20H21N3O4S/c1-27-14-4-13-22-28(25,26)17-10-8-16(9-11-17)20(24)23-18-7-2-5-15-6-3-12-21-19(15)18/h2-3,5-12,22H,4,13-14H2,1H3,(H,23,24). The van der Waals surface area contributed by atoms with Gasteiger partial charge in [0.2, 0.25) is 10.0 Å². The Bertz CT molecular complexity index is 1060. The number of hydrogen-bond acceptors (Lipinski definition) is 5. The maximum Gasteiger partial charge on any atom is 0.255 e. The fraction of sp³-hybridized carbons (Fsp3) is 0.200. The van der Waals surface area contributed by atoms with Crippen LogP contribution in [0, 0.1) is 0 Å². The Balaban J connectivity index is 1.71. The van der Waals surface area contributed by atoms with Crippen LogP contribution in [0.3, 0.4) is 0 Å². The second-order valence-electron chi connectivity index (χ2n) is 6.10. The Morgan fingerprint density at radius 1 is 1.07 bits per heavy atom. The van der Waals surface area contributed by atoms with Gasteiger partial charge in [0.1, 0.15) is 0 Å². The summed E-state index contributed by atoms with van der Waals surface area (Å²) in [5.41, 5.74) is 1.64. The first kappa shape index (κ1) is 19.9. The number of rotatable bonds is 8. The number of methoxy groups -OCH3 is 1. The molecule has 0 fully saturated rings. The SMILES string of the molecule is COCCCNS(=O)(=O)c1ccc(C(=O)Nc2cccc3cccnc23)cc1. The average Bonchev–Trinajstić information content (AvgIpc) is 2.71. The van der Waals surface area contributed by atoms with Crippen molar-refractivity contribution >= 4 is 32.5 Å². The molecule has 1 heterocycles. The molecule has 0 bridgehead atoms. The van der Waals surface area contributed by atoms with E-state index in [0.717, 1.165) is 5.39 Å². The van der Waals surface area contributed by atoms with Crippen LogP contribution in [0.1, 0.15) is 16.8 Å². The molecule has 1 amide bonds. The number of carbonyl (C=O) groups excluding carboxylic acids is 1. The highest BCUT2D eigenvalue weighted by molar-refractivity contribution is 7.89. The molecule has 2 N–H and O–H groups in total. The first-order valence-corrected chi connectivity index (χ1v) is 10.2. The van der Waals surface area contributed by atoms with E-state index >= 15 is 0 Å². The van der Waals surface area contributed by atoms with Gasteiger partial charge in [0.05, 0.1) is 16.1 Å². The number of sulfonamides is 1. The molecule has 8 heteroatoms. The smallest absolute Gasteiger partial charge is 0.255 e.